The number of hydrogen-bond acceptors (Lipinski definition) is 4. The summed E-state index contributed by atoms with van der Waals surface area (Å²) in [7, 11) is 0. The molecule has 0 spiro atoms. The fraction of sp³-hybridized carbons (Fsp3) is 0.0606. The van der Waals surface area contributed by atoms with Crippen LogP contribution in [0.15, 0.2) is 109 Å². The number of nitrogens with zero attached hydrogens (tertiary/aromatic N) is 2. The van der Waals surface area contributed by atoms with Crippen molar-refractivity contribution >= 4 is 45.1 Å². The number of carbonyl (C=O) groups excluding carboxylic acids is 1. The lowest BCUT2D eigenvalue weighted by molar-refractivity contribution is 0.0696. The molecule has 2 aromatic heterocycles. The fourth-order valence-electron chi connectivity index (χ4n) is 4.85. The number of nitrogens with one attached hydrogen (secondary N) is 2. The Bertz CT molecular complexity index is 1900. The van der Waals surface area contributed by atoms with Crippen LogP contribution in [0.3, 0.4) is 0 Å². The first-order valence-electron chi connectivity index (χ1n) is 13.0. The van der Waals surface area contributed by atoms with Crippen LogP contribution in [0.2, 0.25) is 0 Å². The Labute approximate surface area is 234 Å². The summed E-state index contributed by atoms with van der Waals surface area (Å²) in [4.78, 5) is 29.5. The number of aromatic carboxylic acids is 1. The van der Waals surface area contributed by atoms with Gasteiger partial charge in [-0.25, -0.2) is 9.18 Å². The maximum atomic E-state index is 13.5. The molecule has 0 aliphatic heterocycles. The zero-order chi connectivity index (χ0) is 28.3. The molecule has 3 N–H and O–H groups in total. The topological polar surface area (TPSA) is 96.3 Å². The lowest BCUT2D eigenvalue weighted by Gasteiger charge is -2.14. The number of rotatable bonds is 8. The summed E-state index contributed by atoms with van der Waals surface area (Å²) >= 11 is 0. The van der Waals surface area contributed by atoms with Crippen LogP contribution in [0.4, 0.5) is 15.8 Å². The van der Waals surface area contributed by atoms with Gasteiger partial charge in [0, 0.05) is 34.9 Å². The fourth-order valence-corrected chi connectivity index (χ4v) is 4.85. The molecule has 0 saturated carbocycles. The minimum atomic E-state index is -1.00. The van der Waals surface area contributed by atoms with Gasteiger partial charge in [0.2, 0.25) is 0 Å². The average molecular weight is 545 g/mol. The zero-order valence-electron chi connectivity index (χ0n) is 21.8. The summed E-state index contributed by atoms with van der Waals surface area (Å²) < 4.78 is 15.5. The molecule has 6 aromatic rings. The SMILES string of the molecule is O=C(O)c1ccc(CNC(=O)c2ccc(Nc3ccc(F)cc3)c3ccn(Cc4ccc5ccccc5n4)c23)cc1. The predicted molar refractivity (Wildman–Crippen MR) is 157 cm³/mol. The highest BCUT2D eigenvalue weighted by Gasteiger charge is 2.17. The quantitative estimate of drug-likeness (QED) is 0.197. The van der Waals surface area contributed by atoms with Crippen LogP contribution < -0.4 is 10.6 Å². The molecule has 2 heterocycles. The molecule has 0 fully saturated rings. The van der Waals surface area contributed by atoms with E-state index < -0.39 is 5.97 Å². The van der Waals surface area contributed by atoms with Crippen molar-refractivity contribution in [2.75, 3.05) is 5.32 Å². The van der Waals surface area contributed by atoms with Crippen molar-refractivity contribution in [3.8, 4) is 0 Å². The van der Waals surface area contributed by atoms with Gasteiger partial charge in [0.15, 0.2) is 0 Å². The van der Waals surface area contributed by atoms with Crippen molar-refractivity contribution in [3.05, 3.63) is 138 Å². The van der Waals surface area contributed by atoms with Crippen LogP contribution >= 0.6 is 0 Å². The molecule has 202 valence electrons. The van der Waals surface area contributed by atoms with E-state index in [-0.39, 0.29) is 23.8 Å². The highest BCUT2D eigenvalue weighted by Crippen LogP contribution is 2.31. The Kier molecular flexibility index (Phi) is 6.87. The van der Waals surface area contributed by atoms with Gasteiger partial charge in [-0.1, -0.05) is 36.4 Å². The van der Waals surface area contributed by atoms with E-state index in [2.05, 4.69) is 10.6 Å². The molecule has 8 heteroatoms. The first-order chi connectivity index (χ1) is 19.9. The molecule has 0 bridgehead atoms. The average Bonchev–Trinajstić information content (AvgIpc) is 3.41. The summed E-state index contributed by atoms with van der Waals surface area (Å²) in [5.74, 6) is -1.59. The van der Waals surface area contributed by atoms with Gasteiger partial charge < -0.3 is 20.3 Å². The number of halogens is 1. The van der Waals surface area contributed by atoms with E-state index in [9.17, 15) is 14.0 Å². The molecule has 7 nitrogen and oxygen atoms in total. The van der Waals surface area contributed by atoms with Crippen LogP contribution in [-0.4, -0.2) is 26.5 Å². The highest BCUT2D eigenvalue weighted by molar-refractivity contribution is 6.09. The first-order valence-corrected chi connectivity index (χ1v) is 13.0. The number of carbonyl (C=O) groups is 2. The smallest absolute Gasteiger partial charge is 0.335 e. The summed E-state index contributed by atoms with van der Waals surface area (Å²) in [6.07, 6.45) is 1.93. The molecule has 6 rings (SSSR count). The zero-order valence-corrected chi connectivity index (χ0v) is 21.8. The number of carboxylic acids is 1. The molecular weight excluding hydrogens is 519 g/mol. The number of anilines is 2. The molecule has 0 aliphatic carbocycles. The van der Waals surface area contributed by atoms with Crippen molar-refractivity contribution in [2.24, 2.45) is 0 Å². The third-order valence-corrected chi connectivity index (χ3v) is 6.94. The Morgan fingerprint density at radius 3 is 2.41 bits per heavy atom. The number of pyridine rings is 1. The maximum Gasteiger partial charge on any atom is 0.335 e. The van der Waals surface area contributed by atoms with Gasteiger partial charge in [0.05, 0.1) is 34.4 Å². The molecule has 0 aliphatic rings. The summed E-state index contributed by atoms with van der Waals surface area (Å²) in [6, 6.07) is 30.0. The van der Waals surface area contributed by atoms with E-state index in [0.717, 1.165) is 44.4 Å². The van der Waals surface area contributed by atoms with Gasteiger partial charge in [0.1, 0.15) is 5.82 Å². The Hall–Kier alpha value is -5.50. The second kappa shape index (κ2) is 10.9. The van der Waals surface area contributed by atoms with Crippen LogP contribution in [0.25, 0.3) is 21.8 Å². The molecule has 41 heavy (non-hydrogen) atoms. The van der Waals surface area contributed by atoms with Crippen LogP contribution in [0.1, 0.15) is 32.0 Å². The Morgan fingerprint density at radius 2 is 1.63 bits per heavy atom. The minimum Gasteiger partial charge on any atom is -0.478 e. The lowest BCUT2D eigenvalue weighted by Crippen LogP contribution is -2.23. The number of hydrogen-bond donors (Lipinski definition) is 3. The number of benzene rings is 4. The van der Waals surface area contributed by atoms with E-state index in [1.165, 1.54) is 24.3 Å². The number of fused-ring (bicyclic) bond motifs is 2. The monoisotopic (exact) mass is 544 g/mol. The number of amides is 1. The number of carboxylic acid groups (broad SMARTS) is 1. The van der Waals surface area contributed by atoms with E-state index in [1.54, 1.807) is 30.3 Å². The third-order valence-electron chi connectivity index (χ3n) is 6.94. The molecule has 0 unspecified atom stereocenters. The number of para-hydroxylation sites is 1. The molecular formula is C33H25FN4O3. The first kappa shape index (κ1) is 25.8. The van der Waals surface area contributed by atoms with E-state index in [0.29, 0.717) is 12.1 Å². The van der Waals surface area contributed by atoms with Crippen LogP contribution in [0.5, 0.6) is 0 Å². The van der Waals surface area contributed by atoms with E-state index in [4.69, 9.17) is 10.1 Å². The Morgan fingerprint density at radius 1 is 0.854 bits per heavy atom. The molecule has 0 atom stereocenters. The predicted octanol–water partition coefficient (Wildman–Crippen LogP) is 6.75. The van der Waals surface area contributed by atoms with E-state index in [1.807, 2.05) is 59.3 Å². The standard InChI is InChI=1S/C33H25FN4O3/c34-24-10-13-25(14-11-24)36-30-16-15-28(32(39)35-19-21-5-7-23(8-6-21)33(40)41)31-27(30)17-18-38(31)20-26-12-9-22-3-1-2-4-29(22)37-26/h1-18,36H,19-20H2,(H,35,39)(H,40,41). The molecule has 4 aromatic carbocycles. The molecule has 1 amide bonds. The van der Waals surface area contributed by atoms with E-state index >= 15 is 0 Å². The van der Waals surface area contributed by atoms with Crippen molar-refractivity contribution in [2.45, 2.75) is 13.1 Å². The van der Waals surface area contributed by atoms with Crippen LogP contribution in [0, 0.1) is 5.82 Å². The van der Waals surface area contributed by atoms with Crippen molar-refractivity contribution in [1.29, 1.82) is 0 Å². The van der Waals surface area contributed by atoms with Gasteiger partial charge in [-0.15, -0.1) is 0 Å². The van der Waals surface area contributed by atoms with Crippen molar-refractivity contribution < 1.29 is 19.1 Å². The lowest BCUT2D eigenvalue weighted by atomic mass is 10.1. The highest BCUT2D eigenvalue weighted by atomic mass is 19.1. The van der Waals surface area contributed by atoms with Crippen molar-refractivity contribution in [1.82, 2.24) is 14.9 Å². The van der Waals surface area contributed by atoms with Gasteiger partial charge in [0.25, 0.3) is 5.91 Å². The minimum absolute atomic E-state index is 0.186. The second-order valence-electron chi connectivity index (χ2n) is 9.68. The van der Waals surface area contributed by atoms with Crippen LogP contribution in [-0.2, 0) is 13.1 Å². The second-order valence-corrected chi connectivity index (χ2v) is 9.68. The largest absolute Gasteiger partial charge is 0.478 e. The number of aromatic nitrogens is 2. The maximum absolute atomic E-state index is 13.5. The summed E-state index contributed by atoms with van der Waals surface area (Å²) in [6.45, 7) is 0.689. The van der Waals surface area contributed by atoms with Crippen molar-refractivity contribution in [3.63, 3.8) is 0 Å². The van der Waals surface area contributed by atoms with Gasteiger partial charge >= 0.3 is 5.97 Å². The molecule has 0 saturated heterocycles. The van der Waals surface area contributed by atoms with Gasteiger partial charge in [-0.05, 0) is 72.3 Å². The summed E-state index contributed by atoms with van der Waals surface area (Å²) in [5.41, 5.74) is 5.42. The Balaban J connectivity index is 1.34. The molecule has 0 radical (unpaired) electrons. The van der Waals surface area contributed by atoms with Gasteiger partial charge in [-0.2, -0.15) is 0 Å². The summed E-state index contributed by atoms with van der Waals surface area (Å²) in [5, 5.41) is 17.3. The normalized spacial score (nSPS) is 11.0. The van der Waals surface area contributed by atoms with Gasteiger partial charge in [-0.3, -0.25) is 9.78 Å². The third kappa shape index (κ3) is 5.49.